The van der Waals surface area contributed by atoms with E-state index in [1.165, 1.54) is 11.1 Å². The Bertz CT molecular complexity index is 427. The minimum Gasteiger partial charge on any atom is -0.497 e. The van der Waals surface area contributed by atoms with Gasteiger partial charge in [0.25, 0.3) is 0 Å². The minimum atomic E-state index is -0.163. The highest BCUT2D eigenvalue weighted by atomic mass is 16.5. The maximum Gasteiger partial charge on any atom is 0.119 e. The van der Waals surface area contributed by atoms with Crippen molar-refractivity contribution in [2.24, 2.45) is 0 Å². The van der Waals surface area contributed by atoms with Crippen LogP contribution in [-0.4, -0.2) is 25.9 Å². The van der Waals surface area contributed by atoms with Gasteiger partial charge in [-0.15, -0.1) is 0 Å². The van der Waals surface area contributed by atoms with E-state index in [1.54, 1.807) is 7.11 Å². The van der Waals surface area contributed by atoms with Crippen molar-refractivity contribution in [2.45, 2.75) is 59.1 Å². The smallest absolute Gasteiger partial charge is 0.119 e. The lowest BCUT2D eigenvalue weighted by Crippen LogP contribution is -2.45. The van der Waals surface area contributed by atoms with Gasteiger partial charge in [-0.05, 0) is 56.5 Å². The van der Waals surface area contributed by atoms with Gasteiger partial charge in [-0.3, -0.25) is 0 Å². The van der Waals surface area contributed by atoms with Gasteiger partial charge >= 0.3 is 0 Å². The largest absolute Gasteiger partial charge is 0.497 e. The number of methoxy groups -OCH3 is 1. The van der Waals surface area contributed by atoms with E-state index in [2.05, 4.69) is 52.1 Å². The summed E-state index contributed by atoms with van der Waals surface area (Å²) in [6.07, 6.45) is 1.97. The summed E-state index contributed by atoms with van der Waals surface area (Å²) < 4.78 is 11.5. The van der Waals surface area contributed by atoms with Crippen molar-refractivity contribution in [3.05, 3.63) is 29.3 Å². The second-order valence-corrected chi connectivity index (χ2v) is 5.42. The van der Waals surface area contributed by atoms with Crippen LogP contribution >= 0.6 is 0 Å². The first-order valence-electron chi connectivity index (χ1n) is 8.10. The number of nitrogens with one attached hydrogen (secondary N) is 1. The molecule has 0 saturated carbocycles. The Morgan fingerprint density at radius 2 is 1.81 bits per heavy atom. The van der Waals surface area contributed by atoms with Crippen LogP contribution in [0, 0.1) is 6.92 Å². The highest BCUT2D eigenvalue weighted by Gasteiger charge is 2.37. The van der Waals surface area contributed by atoms with E-state index in [4.69, 9.17) is 9.47 Å². The van der Waals surface area contributed by atoms with Crippen LogP contribution in [0.5, 0.6) is 5.75 Å². The molecule has 0 heterocycles. The second-order valence-electron chi connectivity index (χ2n) is 5.42. The number of hydrogen-bond acceptors (Lipinski definition) is 3. The van der Waals surface area contributed by atoms with E-state index < -0.39 is 0 Å². The third kappa shape index (κ3) is 3.98. The molecule has 3 heteroatoms. The fourth-order valence-corrected chi connectivity index (χ4v) is 3.12. The van der Waals surface area contributed by atoms with Crippen molar-refractivity contribution in [1.29, 1.82) is 0 Å². The fraction of sp³-hybridized carbons (Fsp3) is 0.667. The Morgan fingerprint density at radius 1 is 1.14 bits per heavy atom. The SMILES string of the molecule is CCNC(c1ccc(OC)cc1C)C(CC)(CC)OCC. The van der Waals surface area contributed by atoms with Gasteiger partial charge in [0.15, 0.2) is 0 Å². The third-order valence-corrected chi connectivity index (χ3v) is 4.35. The first kappa shape index (κ1) is 18.0. The van der Waals surface area contributed by atoms with Gasteiger partial charge in [-0.2, -0.15) is 0 Å². The van der Waals surface area contributed by atoms with E-state index in [-0.39, 0.29) is 11.6 Å². The van der Waals surface area contributed by atoms with E-state index in [0.717, 1.165) is 31.7 Å². The molecule has 0 spiro atoms. The molecule has 0 aliphatic rings. The first-order valence-corrected chi connectivity index (χ1v) is 8.10. The molecule has 3 nitrogen and oxygen atoms in total. The molecule has 1 rings (SSSR count). The molecule has 0 aliphatic heterocycles. The number of aryl methyl sites for hydroxylation is 1. The molecule has 0 bridgehead atoms. The van der Waals surface area contributed by atoms with Gasteiger partial charge in [0.1, 0.15) is 5.75 Å². The van der Waals surface area contributed by atoms with E-state index in [1.807, 2.05) is 6.07 Å². The number of hydrogen-bond donors (Lipinski definition) is 1. The zero-order chi connectivity index (χ0) is 15.9. The highest BCUT2D eigenvalue weighted by molar-refractivity contribution is 5.38. The van der Waals surface area contributed by atoms with Crippen LogP contribution in [0.3, 0.4) is 0 Å². The van der Waals surface area contributed by atoms with Crippen LogP contribution in [0.1, 0.15) is 57.7 Å². The molecule has 0 aromatic heterocycles. The number of likely N-dealkylation sites (N-methyl/N-ethyl adjacent to an activating group) is 1. The van der Waals surface area contributed by atoms with Crippen LogP contribution in [0.4, 0.5) is 0 Å². The van der Waals surface area contributed by atoms with Crippen LogP contribution in [-0.2, 0) is 4.74 Å². The molecule has 1 unspecified atom stereocenters. The van der Waals surface area contributed by atoms with Crippen molar-refractivity contribution in [2.75, 3.05) is 20.3 Å². The van der Waals surface area contributed by atoms with Crippen LogP contribution in [0.2, 0.25) is 0 Å². The molecular formula is C18H31NO2. The normalized spacial score (nSPS) is 13.2. The van der Waals surface area contributed by atoms with Gasteiger partial charge in [0.05, 0.1) is 18.8 Å². The molecule has 120 valence electrons. The van der Waals surface area contributed by atoms with Crippen molar-refractivity contribution in [3.8, 4) is 5.75 Å². The lowest BCUT2D eigenvalue weighted by atomic mass is 9.82. The molecule has 1 aromatic rings. The van der Waals surface area contributed by atoms with E-state index in [9.17, 15) is 0 Å². The average Bonchev–Trinajstić information content (AvgIpc) is 2.51. The molecule has 0 saturated heterocycles. The molecular weight excluding hydrogens is 262 g/mol. The zero-order valence-corrected chi connectivity index (χ0v) is 14.5. The molecule has 1 aromatic carbocycles. The lowest BCUT2D eigenvalue weighted by molar-refractivity contribution is -0.0731. The highest BCUT2D eigenvalue weighted by Crippen LogP contribution is 2.37. The second kappa shape index (κ2) is 8.40. The maximum atomic E-state index is 6.21. The number of rotatable bonds is 9. The maximum absolute atomic E-state index is 6.21. The Labute approximate surface area is 130 Å². The van der Waals surface area contributed by atoms with E-state index in [0.29, 0.717) is 0 Å². The monoisotopic (exact) mass is 293 g/mol. The summed E-state index contributed by atoms with van der Waals surface area (Å²) in [6, 6.07) is 6.50. The summed E-state index contributed by atoms with van der Waals surface area (Å²) in [6.45, 7) is 12.4. The van der Waals surface area contributed by atoms with Gasteiger partial charge in [-0.25, -0.2) is 0 Å². The summed E-state index contributed by atoms with van der Waals surface area (Å²) in [7, 11) is 1.71. The predicted octanol–water partition coefficient (Wildman–Crippen LogP) is 4.25. The zero-order valence-electron chi connectivity index (χ0n) is 14.5. The molecule has 0 fully saturated rings. The summed E-state index contributed by atoms with van der Waals surface area (Å²) >= 11 is 0. The topological polar surface area (TPSA) is 30.5 Å². The summed E-state index contributed by atoms with van der Waals surface area (Å²) in [5, 5.41) is 3.64. The van der Waals surface area contributed by atoms with Gasteiger partial charge < -0.3 is 14.8 Å². The van der Waals surface area contributed by atoms with Crippen molar-refractivity contribution in [1.82, 2.24) is 5.32 Å². The summed E-state index contributed by atoms with van der Waals surface area (Å²) in [5.74, 6) is 0.904. The number of benzene rings is 1. The summed E-state index contributed by atoms with van der Waals surface area (Å²) in [4.78, 5) is 0. The van der Waals surface area contributed by atoms with Crippen molar-refractivity contribution in [3.63, 3.8) is 0 Å². The van der Waals surface area contributed by atoms with Gasteiger partial charge in [0.2, 0.25) is 0 Å². The Kier molecular flexibility index (Phi) is 7.20. The third-order valence-electron chi connectivity index (χ3n) is 4.35. The van der Waals surface area contributed by atoms with Crippen LogP contribution in [0.15, 0.2) is 18.2 Å². The van der Waals surface area contributed by atoms with Crippen molar-refractivity contribution < 1.29 is 9.47 Å². The van der Waals surface area contributed by atoms with E-state index >= 15 is 0 Å². The van der Waals surface area contributed by atoms with Crippen LogP contribution in [0.25, 0.3) is 0 Å². The lowest BCUT2D eigenvalue weighted by Gasteiger charge is -2.40. The first-order chi connectivity index (χ1) is 10.1. The quantitative estimate of drug-likeness (QED) is 0.738. The van der Waals surface area contributed by atoms with Gasteiger partial charge in [-0.1, -0.05) is 26.8 Å². The molecule has 1 atom stereocenters. The molecule has 0 amide bonds. The standard InChI is InChI=1S/C18H31NO2/c1-7-18(8-2,21-10-4)17(19-9-3)16-12-11-15(20-6)13-14(16)5/h11-13,17,19H,7-10H2,1-6H3. The molecule has 21 heavy (non-hydrogen) atoms. The summed E-state index contributed by atoms with van der Waals surface area (Å²) in [5.41, 5.74) is 2.38. The Morgan fingerprint density at radius 3 is 2.24 bits per heavy atom. The molecule has 0 aliphatic carbocycles. The van der Waals surface area contributed by atoms with Crippen LogP contribution < -0.4 is 10.1 Å². The van der Waals surface area contributed by atoms with Crippen molar-refractivity contribution >= 4 is 0 Å². The predicted molar refractivity (Wildman–Crippen MR) is 89.1 cm³/mol. The fourth-order valence-electron chi connectivity index (χ4n) is 3.12. The average molecular weight is 293 g/mol. The molecule has 1 N–H and O–H groups in total. The minimum absolute atomic E-state index is 0.163. The Balaban J connectivity index is 3.26. The Hall–Kier alpha value is -1.06. The number of ether oxygens (including phenoxy) is 2. The van der Waals surface area contributed by atoms with Gasteiger partial charge in [0, 0.05) is 6.61 Å². The molecule has 0 radical (unpaired) electrons.